The van der Waals surface area contributed by atoms with Crippen LogP contribution in [-0.2, 0) is 14.3 Å². The molecule has 0 spiro atoms. The van der Waals surface area contributed by atoms with Crippen molar-refractivity contribution in [2.45, 2.75) is 62.0 Å². The third kappa shape index (κ3) is 2.98. The molecule has 1 aliphatic heterocycles. The number of alkyl halides is 8. The normalized spacial score (nSPS) is 36.0. The molecule has 0 aromatic carbocycles. The van der Waals surface area contributed by atoms with E-state index in [0.29, 0.717) is 6.08 Å². The van der Waals surface area contributed by atoms with Crippen molar-refractivity contribution in [1.29, 1.82) is 0 Å². The van der Waals surface area contributed by atoms with Gasteiger partial charge in [-0.25, -0.2) is 4.79 Å². The zero-order valence-electron chi connectivity index (χ0n) is 12.9. The van der Waals surface area contributed by atoms with E-state index in [4.69, 9.17) is 0 Å². The van der Waals surface area contributed by atoms with Crippen molar-refractivity contribution >= 4 is 5.97 Å². The number of ether oxygens (including phenoxy) is 2. The number of hydrogen-bond acceptors (Lipinski definition) is 4. The van der Waals surface area contributed by atoms with Crippen LogP contribution in [0.3, 0.4) is 0 Å². The van der Waals surface area contributed by atoms with E-state index in [1.165, 1.54) is 0 Å². The Morgan fingerprint density at radius 3 is 2.04 bits per heavy atom. The fourth-order valence-corrected chi connectivity index (χ4v) is 2.54. The zero-order valence-corrected chi connectivity index (χ0v) is 12.9. The molecule has 1 aliphatic rings. The van der Waals surface area contributed by atoms with E-state index >= 15 is 0 Å². The molecule has 1 heterocycles. The molecule has 0 saturated carbocycles. The number of hydrogen-bond donors (Lipinski definition) is 1. The SMILES string of the molecule is C=CC(=O)OC1(CC)CC(C)(C(F)(F)F)OC(O)(C(F)(F)F)C1(F)F. The molecule has 3 atom stereocenters. The van der Waals surface area contributed by atoms with E-state index in [1.807, 2.05) is 0 Å². The van der Waals surface area contributed by atoms with Crippen LogP contribution in [0.1, 0.15) is 26.7 Å². The second-order valence-corrected chi connectivity index (χ2v) is 5.70. The van der Waals surface area contributed by atoms with Gasteiger partial charge < -0.3 is 14.6 Å². The van der Waals surface area contributed by atoms with Gasteiger partial charge in [-0.2, -0.15) is 35.1 Å². The molecule has 0 amide bonds. The quantitative estimate of drug-likeness (QED) is 0.458. The number of rotatable bonds is 3. The Morgan fingerprint density at radius 1 is 1.24 bits per heavy atom. The summed E-state index contributed by atoms with van der Waals surface area (Å²) in [7, 11) is 0. The van der Waals surface area contributed by atoms with Gasteiger partial charge in [-0.15, -0.1) is 0 Å². The Kier molecular flexibility index (Phi) is 5.01. The smallest absolute Gasteiger partial charge is 0.449 e. The van der Waals surface area contributed by atoms with Gasteiger partial charge in [0.25, 0.3) is 0 Å². The molecular weight excluding hydrogens is 372 g/mol. The minimum atomic E-state index is -6.33. The Balaban J connectivity index is 3.74. The van der Waals surface area contributed by atoms with E-state index < -0.39 is 54.1 Å². The molecular formula is C13H14F8O4. The molecule has 3 unspecified atom stereocenters. The van der Waals surface area contributed by atoms with Crippen LogP contribution in [0.25, 0.3) is 0 Å². The van der Waals surface area contributed by atoms with Crippen molar-refractivity contribution in [3.05, 3.63) is 12.7 Å². The lowest BCUT2D eigenvalue weighted by Crippen LogP contribution is -2.78. The van der Waals surface area contributed by atoms with E-state index in [9.17, 15) is 45.0 Å². The first-order valence-electron chi connectivity index (χ1n) is 6.72. The third-order valence-corrected chi connectivity index (χ3v) is 4.01. The summed E-state index contributed by atoms with van der Waals surface area (Å²) in [6.07, 6.45) is -14.7. The van der Waals surface area contributed by atoms with Gasteiger partial charge in [0.15, 0.2) is 11.2 Å². The summed E-state index contributed by atoms with van der Waals surface area (Å²) in [6, 6.07) is 0. The maximum Gasteiger partial charge on any atom is 0.449 e. The Morgan fingerprint density at radius 2 is 1.72 bits per heavy atom. The molecule has 0 radical (unpaired) electrons. The molecule has 0 aliphatic carbocycles. The number of halogens is 8. The first-order chi connectivity index (χ1) is 10.9. The summed E-state index contributed by atoms with van der Waals surface area (Å²) in [5, 5.41) is 9.47. The lowest BCUT2D eigenvalue weighted by atomic mass is 9.74. The van der Waals surface area contributed by atoms with Gasteiger partial charge in [-0.1, -0.05) is 13.5 Å². The molecule has 0 bridgehead atoms. The van der Waals surface area contributed by atoms with Gasteiger partial charge in [0, 0.05) is 12.5 Å². The minimum Gasteiger partial charge on any atom is -0.449 e. The van der Waals surface area contributed by atoms with Crippen LogP contribution in [0.4, 0.5) is 35.1 Å². The summed E-state index contributed by atoms with van der Waals surface area (Å²) >= 11 is 0. The van der Waals surface area contributed by atoms with E-state index in [-0.39, 0.29) is 6.92 Å². The van der Waals surface area contributed by atoms with Gasteiger partial charge >= 0.3 is 30.0 Å². The minimum absolute atomic E-state index is 0.0467. The highest BCUT2D eigenvalue weighted by Crippen LogP contribution is 2.61. The van der Waals surface area contributed by atoms with Crippen LogP contribution < -0.4 is 0 Å². The standard InChI is InChI=1S/C13H14F8O4/c1-4-7(22)24-9(5-2)6-8(3,12(16,17)18)25-11(23,10(9,14)15)13(19,20)21/h4,23H,1,5-6H2,2-3H3. The van der Waals surface area contributed by atoms with E-state index in [0.717, 1.165) is 6.92 Å². The fourth-order valence-electron chi connectivity index (χ4n) is 2.54. The largest absolute Gasteiger partial charge is 0.449 e. The van der Waals surface area contributed by atoms with E-state index in [2.05, 4.69) is 16.1 Å². The highest BCUT2D eigenvalue weighted by atomic mass is 19.4. The number of aliphatic hydroxyl groups is 1. The topological polar surface area (TPSA) is 55.8 Å². The van der Waals surface area contributed by atoms with Crippen molar-refractivity contribution < 1.29 is 54.5 Å². The molecule has 1 rings (SSSR count). The Hall–Kier alpha value is -1.43. The van der Waals surface area contributed by atoms with E-state index in [1.54, 1.807) is 0 Å². The number of carbonyl (C=O) groups excluding carboxylic acids is 1. The molecule has 4 nitrogen and oxygen atoms in total. The molecule has 0 aromatic rings. The Bertz CT molecular complexity index is 557. The highest BCUT2D eigenvalue weighted by Gasteiger charge is 2.85. The van der Waals surface area contributed by atoms with Gasteiger partial charge in [-0.3, -0.25) is 0 Å². The fraction of sp³-hybridized carbons (Fsp3) is 0.769. The summed E-state index contributed by atoms with van der Waals surface area (Å²) in [4.78, 5) is 11.3. The van der Waals surface area contributed by atoms with Gasteiger partial charge in [0.1, 0.15) is 0 Å². The van der Waals surface area contributed by atoms with Crippen molar-refractivity contribution in [3.8, 4) is 0 Å². The van der Waals surface area contributed by atoms with Crippen molar-refractivity contribution in [1.82, 2.24) is 0 Å². The number of carbonyl (C=O) groups is 1. The summed E-state index contributed by atoms with van der Waals surface area (Å²) in [5.41, 5.74) is -7.53. The van der Waals surface area contributed by atoms with Crippen LogP contribution >= 0.6 is 0 Å². The highest BCUT2D eigenvalue weighted by molar-refractivity contribution is 5.81. The van der Waals surface area contributed by atoms with Crippen molar-refractivity contribution in [2.75, 3.05) is 0 Å². The molecule has 25 heavy (non-hydrogen) atoms. The lowest BCUT2D eigenvalue weighted by Gasteiger charge is -2.55. The maximum atomic E-state index is 14.5. The number of esters is 1. The van der Waals surface area contributed by atoms with Gasteiger partial charge in [-0.05, 0) is 13.3 Å². The monoisotopic (exact) mass is 386 g/mol. The first-order valence-corrected chi connectivity index (χ1v) is 6.72. The Labute approximate surface area is 136 Å². The zero-order chi connectivity index (χ0) is 20.1. The molecule has 1 fully saturated rings. The second-order valence-electron chi connectivity index (χ2n) is 5.70. The van der Waals surface area contributed by atoms with Crippen LogP contribution in [0.2, 0.25) is 0 Å². The van der Waals surface area contributed by atoms with Crippen LogP contribution in [0.15, 0.2) is 12.7 Å². The molecule has 1 saturated heterocycles. The average molecular weight is 386 g/mol. The molecule has 146 valence electrons. The maximum absolute atomic E-state index is 14.5. The lowest BCUT2D eigenvalue weighted by molar-refractivity contribution is -0.515. The van der Waals surface area contributed by atoms with Crippen LogP contribution in [-0.4, -0.2) is 46.3 Å². The van der Waals surface area contributed by atoms with Gasteiger partial charge in [0.05, 0.1) is 0 Å². The predicted molar refractivity (Wildman–Crippen MR) is 65.4 cm³/mol. The summed E-state index contributed by atoms with van der Waals surface area (Å²) in [6.45, 7) is 3.68. The van der Waals surface area contributed by atoms with Crippen LogP contribution in [0, 0.1) is 0 Å². The van der Waals surface area contributed by atoms with Crippen molar-refractivity contribution in [3.63, 3.8) is 0 Å². The van der Waals surface area contributed by atoms with Crippen LogP contribution in [0.5, 0.6) is 0 Å². The van der Waals surface area contributed by atoms with Gasteiger partial charge in [0.2, 0.25) is 0 Å². The molecule has 1 N–H and O–H groups in total. The van der Waals surface area contributed by atoms with Crippen molar-refractivity contribution in [2.24, 2.45) is 0 Å². The first kappa shape index (κ1) is 21.6. The summed E-state index contributed by atoms with van der Waals surface area (Å²) < 4.78 is 116. The third-order valence-electron chi connectivity index (χ3n) is 4.01. The average Bonchev–Trinajstić information content (AvgIpc) is 2.42. The molecule has 12 heteroatoms. The summed E-state index contributed by atoms with van der Waals surface area (Å²) in [5.74, 6) is -12.7. The second kappa shape index (κ2) is 5.79. The molecule has 0 aromatic heterocycles. The predicted octanol–water partition coefficient (Wildman–Crippen LogP) is 3.49.